The molecule has 0 N–H and O–H groups in total. The summed E-state index contributed by atoms with van der Waals surface area (Å²) in [7, 11) is 0. The van der Waals surface area contributed by atoms with Gasteiger partial charge in [0, 0.05) is 25.5 Å². The van der Waals surface area contributed by atoms with E-state index >= 15 is 0 Å². The topological polar surface area (TPSA) is 6.48 Å². The van der Waals surface area contributed by atoms with Gasteiger partial charge in [0.1, 0.15) is 6.17 Å². The second-order valence-electron chi connectivity index (χ2n) is 11.1. The van der Waals surface area contributed by atoms with Crippen molar-refractivity contribution in [2.75, 3.05) is 13.1 Å². The van der Waals surface area contributed by atoms with E-state index in [9.17, 15) is 0 Å². The molecule has 0 amide bonds. The van der Waals surface area contributed by atoms with Crippen LogP contribution in [0.25, 0.3) is 0 Å². The minimum absolute atomic E-state index is 0.643. The molecule has 202 valence electrons. The van der Waals surface area contributed by atoms with Crippen LogP contribution in [0.2, 0.25) is 0 Å². The SMILES string of the molecule is CCCCCCCCCCCCCCC1N(CCCCCCC)C=CN1CCCCCCCC. The van der Waals surface area contributed by atoms with Crippen molar-refractivity contribution in [2.45, 2.75) is 181 Å². The molecule has 0 fully saturated rings. The number of hydrogen-bond donors (Lipinski definition) is 0. The van der Waals surface area contributed by atoms with E-state index in [2.05, 4.69) is 43.0 Å². The molecule has 1 unspecified atom stereocenters. The third kappa shape index (κ3) is 16.9. The molecule has 1 aliphatic heterocycles. The van der Waals surface area contributed by atoms with E-state index in [0.29, 0.717) is 6.17 Å². The fourth-order valence-electron chi connectivity index (χ4n) is 5.48. The summed E-state index contributed by atoms with van der Waals surface area (Å²) >= 11 is 0. The van der Waals surface area contributed by atoms with Crippen LogP contribution in [-0.4, -0.2) is 29.1 Å². The van der Waals surface area contributed by atoms with Crippen molar-refractivity contribution in [3.8, 4) is 0 Å². The van der Waals surface area contributed by atoms with Crippen LogP contribution in [0.5, 0.6) is 0 Å². The predicted molar refractivity (Wildman–Crippen MR) is 154 cm³/mol. The summed E-state index contributed by atoms with van der Waals surface area (Å²) in [5, 5.41) is 0. The lowest BCUT2D eigenvalue weighted by Gasteiger charge is -2.33. The van der Waals surface area contributed by atoms with Crippen LogP contribution in [-0.2, 0) is 0 Å². The molecule has 0 aromatic heterocycles. The highest BCUT2D eigenvalue weighted by molar-refractivity contribution is 4.97. The number of rotatable bonds is 26. The van der Waals surface area contributed by atoms with Crippen LogP contribution in [0.4, 0.5) is 0 Å². The first-order valence-electron chi connectivity index (χ1n) is 16.0. The van der Waals surface area contributed by atoms with Crippen molar-refractivity contribution in [1.29, 1.82) is 0 Å². The molecule has 0 radical (unpaired) electrons. The Labute approximate surface area is 216 Å². The minimum Gasteiger partial charge on any atom is -0.356 e. The number of hydrogen-bond acceptors (Lipinski definition) is 2. The zero-order chi connectivity index (χ0) is 24.5. The normalized spacial score (nSPS) is 15.7. The second-order valence-corrected chi connectivity index (χ2v) is 11.1. The quantitative estimate of drug-likeness (QED) is 0.114. The van der Waals surface area contributed by atoms with Crippen LogP contribution in [0, 0.1) is 0 Å². The van der Waals surface area contributed by atoms with Crippen molar-refractivity contribution in [1.82, 2.24) is 9.80 Å². The van der Waals surface area contributed by atoms with Gasteiger partial charge >= 0.3 is 0 Å². The van der Waals surface area contributed by atoms with Crippen molar-refractivity contribution < 1.29 is 0 Å². The third-order valence-corrected chi connectivity index (χ3v) is 7.82. The van der Waals surface area contributed by atoms with Crippen LogP contribution in [0.3, 0.4) is 0 Å². The molecular weight excluding hydrogens is 412 g/mol. The number of nitrogens with zero attached hydrogens (tertiary/aromatic N) is 2. The first-order chi connectivity index (χ1) is 16.8. The Morgan fingerprint density at radius 3 is 1.03 bits per heavy atom. The Kier molecular flexibility index (Phi) is 22.2. The Balaban J connectivity index is 2.20. The lowest BCUT2D eigenvalue weighted by atomic mass is 10.0. The molecule has 0 aromatic carbocycles. The molecule has 0 saturated carbocycles. The van der Waals surface area contributed by atoms with Gasteiger partial charge in [-0.25, -0.2) is 0 Å². The first kappa shape index (κ1) is 31.4. The molecular formula is C32H64N2. The van der Waals surface area contributed by atoms with E-state index in [1.165, 1.54) is 167 Å². The Hall–Kier alpha value is -0.660. The van der Waals surface area contributed by atoms with E-state index in [1.807, 2.05) is 0 Å². The molecule has 1 rings (SSSR count). The predicted octanol–water partition coefficient (Wildman–Crippen LogP) is 10.8. The van der Waals surface area contributed by atoms with E-state index in [-0.39, 0.29) is 0 Å². The van der Waals surface area contributed by atoms with Crippen molar-refractivity contribution in [3.63, 3.8) is 0 Å². The lowest BCUT2D eigenvalue weighted by molar-refractivity contribution is 0.135. The summed E-state index contributed by atoms with van der Waals surface area (Å²) in [6.45, 7) is 9.45. The monoisotopic (exact) mass is 477 g/mol. The molecule has 1 atom stereocenters. The van der Waals surface area contributed by atoms with Crippen LogP contribution >= 0.6 is 0 Å². The molecule has 2 nitrogen and oxygen atoms in total. The van der Waals surface area contributed by atoms with E-state index < -0.39 is 0 Å². The zero-order valence-corrected chi connectivity index (χ0v) is 24.0. The van der Waals surface area contributed by atoms with Gasteiger partial charge in [-0.15, -0.1) is 0 Å². The molecule has 1 heterocycles. The highest BCUT2D eigenvalue weighted by atomic mass is 15.4. The van der Waals surface area contributed by atoms with E-state index in [1.54, 1.807) is 0 Å². The fourth-order valence-corrected chi connectivity index (χ4v) is 5.48. The Morgan fingerprint density at radius 1 is 0.382 bits per heavy atom. The highest BCUT2D eigenvalue weighted by Gasteiger charge is 2.24. The molecule has 1 aliphatic rings. The largest absolute Gasteiger partial charge is 0.356 e. The summed E-state index contributed by atoms with van der Waals surface area (Å²) in [5.41, 5.74) is 0. The van der Waals surface area contributed by atoms with E-state index in [4.69, 9.17) is 0 Å². The average Bonchev–Trinajstić information content (AvgIpc) is 3.23. The Morgan fingerprint density at radius 2 is 0.676 bits per heavy atom. The maximum Gasteiger partial charge on any atom is 0.101 e. The highest BCUT2D eigenvalue weighted by Crippen LogP contribution is 2.24. The van der Waals surface area contributed by atoms with Crippen molar-refractivity contribution in [2.24, 2.45) is 0 Å². The molecule has 2 heteroatoms. The van der Waals surface area contributed by atoms with Crippen molar-refractivity contribution in [3.05, 3.63) is 12.4 Å². The standard InChI is InChI=1S/C32H64N2/c1-4-7-10-13-15-16-17-18-19-20-21-24-27-32-33(28-25-22-12-9-6-3)30-31-34(32)29-26-23-14-11-8-5-2/h30-32H,4-29H2,1-3H3. The van der Waals surface area contributed by atoms with Crippen LogP contribution in [0.1, 0.15) is 175 Å². The van der Waals surface area contributed by atoms with Crippen LogP contribution in [0.15, 0.2) is 12.4 Å². The molecule has 0 bridgehead atoms. The second kappa shape index (κ2) is 24.1. The lowest BCUT2D eigenvalue weighted by Crippen LogP contribution is -2.39. The van der Waals surface area contributed by atoms with Gasteiger partial charge in [-0.05, 0) is 25.7 Å². The van der Waals surface area contributed by atoms with Gasteiger partial charge in [0.2, 0.25) is 0 Å². The summed E-state index contributed by atoms with van der Waals surface area (Å²) in [4.78, 5) is 5.37. The van der Waals surface area contributed by atoms with Crippen molar-refractivity contribution >= 4 is 0 Å². The maximum absolute atomic E-state index is 2.68. The molecule has 0 aliphatic carbocycles. The van der Waals surface area contributed by atoms with Gasteiger partial charge in [-0.3, -0.25) is 0 Å². The summed E-state index contributed by atoms with van der Waals surface area (Å²) in [6.07, 6.45) is 39.5. The molecule has 0 spiro atoms. The van der Waals surface area contributed by atoms with Gasteiger partial charge in [-0.1, -0.05) is 149 Å². The smallest absolute Gasteiger partial charge is 0.101 e. The Bertz CT molecular complexity index is 433. The number of unbranched alkanes of at least 4 members (excludes halogenated alkanes) is 20. The summed E-state index contributed by atoms with van der Waals surface area (Å²) < 4.78 is 0. The van der Waals surface area contributed by atoms with Gasteiger partial charge in [-0.2, -0.15) is 0 Å². The minimum atomic E-state index is 0.643. The maximum atomic E-state index is 2.68. The van der Waals surface area contributed by atoms with E-state index in [0.717, 1.165) is 0 Å². The average molecular weight is 477 g/mol. The van der Waals surface area contributed by atoms with Gasteiger partial charge in [0.25, 0.3) is 0 Å². The van der Waals surface area contributed by atoms with Gasteiger partial charge in [0.15, 0.2) is 0 Å². The van der Waals surface area contributed by atoms with Gasteiger partial charge < -0.3 is 9.80 Å². The molecule has 0 saturated heterocycles. The molecule has 0 aromatic rings. The zero-order valence-electron chi connectivity index (χ0n) is 24.0. The summed E-state index contributed by atoms with van der Waals surface area (Å²) in [5.74, 6) is 0. The third-order valence-electron chi connectivity index (χ3n) is 7.82. The molecule has 34 heavy (non-hydrogen) atoms. The van der Waals surface area contributed by atoms with Crippen LogP contribution < -0.4 is 0 Å². The fraction of sp³-hybridized carbons (Fsp3) is 0.938. The summed E-state index contributed by atoms with van der Waals surface area (Å²) in [6, 6.07) is 0. The van der Waals surface area contributed by atoms with Gasteiger partial charge in [0.05, 0.1) is 0 Å². The first-order valence-corrected chi connectivity index (χ1v) is 16.0.